The van der Waals surface area contributed by atoms with E-state index in [2.05, 4.69) is 64.1 Å². The smallest absolute Gasteiger partial charge is 0.129 e. The molecular weight excluding hydrogens is 448 g/mol. The third-order valence-corrected chi connectivity index (χ3v) is 6.83. The van der Waals surface area contributed by atoms with Crippen LogP contribution in [0.15, 0.2) is 42.6 Å². The molecule has 1 N–H and O–H groups in total. The monoisotopic (exact) mass is 484 g/mol. The van der Waals surface area contributed by atoms with Gasteiger partial charge >= 0.3 is 0 Å². The number of hydrogen-bond donors (Lipinski definition) is 1. The maximum atomic E-state index is 10.5. The van der Waals surface area contributed by atoms with Gasteiger partial charge in [0.05, 0.1) is 29.8 Å². The molecule has 0 fully saturated rings. The highest BCUT2D eigenvalue weighted by molar-refractivity contribution is 6.07. The molecule has 5 nitrogen and oxygen atoms in total. The molecule has 0 saturated carbocycles. The Balaban J connectivity index is 1.88. The van der Waals surface area contributed by atoms with Crippen molar-refractivity contribution in [2.75, 3.05) is 13.2 Å². The van der Waals surface area contributed by atoms with Crippen LogP contribution >= 0.6 is 0 Å². The Morgan fingerprint density at radius 1 is 1.06 bits per heavy atom. The normalized spacial score (nSPS) is 14.8. The molecule has 36 heavy (non-hydrogen) atoms. The Kier molecular flexibility index (Phi) is 6.05. The van der Waals surface area contributed by atoms with Gasteiger partial charge in [0.25, 0.3) is 0 Å². The lowest BCUT2D eigenvalue weighted by Gasteiger charge is -2.30. The van der Waals surface area contributed by atoms with Crippen molar-refractivity contribution in [2.45, 2.75) is 72.0 Å². The van der Waals surface area contributed by atoms with Gasteiger partial charge < -0.3 is 14.6 Å². The maximum absolute atomic E-state index is 10.5. The van der Waals surface area contributed by atoms with E-state index in [4.69, 9.17) is 19.4 Å². The molecule has 2 aromatic heterocycles. The summed E-state index contributed by atoms with van der Waals surface area (Å²) in [4.78, 5) is 9.94. The molecule has 5 heteroatoms. The Hall–Kier alpha value is -3.02. The van der Waals surface area contributed by atoms with E-state index in [0.29, 0.717) is 6.61 Å². The molecule has 3 heterocycles. The second kappa shape index (κ2) is 8.82. The van der Waals surface area contributed by atoms with Crippen molar-refractivity contribution in [2.24, 2.45) is 0 Å². The molecule has 0 amide bonds. The third kappa shape index (κ3) is 4.35. The van der Waals surface area contributed by atoms with E-state index >= 15 is 0 Å². The summed E-state index contributed by atoms with van der Waals surface area (Å²) < 4.78 is 12.4. The molecule has 1 atom stereocenters. The first-order valence-corrected chi connectivity index (χ1v) is 12.7. The maximum Gasteiger partial charge on any atom is 0.129 e. The Labute approximate surface area is 213 Å². The fraction of sp³-hybridized carbons (Fsp3) is 0.419. The van der Waals surface area contributed by atoms with E-state index < -0.39 is 11.7 Å². The zero-order chi connectivity index (χ0) is 25.8. The number of aliphatic hydroxyl groups excluding tert-OH is 1. The fourth-order valence-electron chi connectivity index (χ4n) is 5.26. The van der Waals surface area contributed by atoms with Gasteiger partial charge in [-0.15, -0.1) is 0 Å². The highest BCUT2D eigenvalue weighted by Gasteiger charge is 2.28. The zero-order valence-electron chi connectivity index (χ0n) is 22.4. The van der Waals surface area contributed by atoms with Crippen molar-refractivity contribution in [1.29, 1.82) is 0 Å². The number of aliphatic hydroxyl groups is 1. The van der Waals surface area contributed by atoms with E-state index in [9.17, 15) is 5.11 Å². The first-order chi connectivity index (χ1) is 17.0. The minimum absolute atomic E-state index is 0.0664. The van der Waals surface area contributed by atoms with Crippen LogP contribution in [0.5, 0.6) is 5.75 Å². The predicted molar refractivity (Wildman–Crippen MR) is 146 cm³/mol. The molecule has 5 rings (SSSR count). The van der Waals surface area contributed by atoms with Crippen molar-refractivity contribution in [3.8, 4) is 16.9 Å². The Bertz CT molecular complexity index is 1450. The van der Waals surface area contributed by atoms with Gasteiger partial charge in [-0.05, 0) is 80.3 Å². The highest BCUT2D eigenvalue weighted by atomic mass is 16.5. The molecule has 0 bridgehead atoms. The van der Waals surface area contributed by atoms with Gasteiger partial charge in [-0.2, -0.15) is 0 Å². The summed E-state index contributed by atoms with van der Waals surface area (Å²) in [5.74, 6) is 0.874. The highest BCUT2D eigenvalue weighted by Crippen LogP contribution is 2.45. The van der Waals surface area contributed by atoms with E-state index in [1.54, 1.807) is 0 Å². The first-order valence-electron chi connectivity index (χ1n) is 12.7. The predicted octanol–water partition coefficient (Wildman–Crippen LogP) is 6.84. The first kappa shape index (κ1) is 24.7. The number of ether oxygens (including phenoxy) is 2. The van der Waals surface area contributed by atoms with E-state index in [1.807, 2.05) is 27.0 Å². The van der Waals surface area contributed by atoms with Gasteiger partial charge in [-0.3, -0.25) is 9.97 Å². The minimum atomic E-state index is -0.492. The molecule has 1 aliphatic heterocycles. The lowest BCUT2D eigenvalue weighted by Crippen LogP contribution is -2.25. The van der Waals surface area contributed by atoms with Crippen LogP contribution in [0.1, 0.15) is 70.0 Å². The van der Waals surface area contributed by atoms with E-state index in [1.165, 1.54) is 5.56 Å². The average Bonchev–Trinajstić information content (AvgIpc) is 2.81. The molecule has 0 radical (unpaired) electrons. The van der Waals surface area contributed by atoms with Gasteiger partial charge in [0.1, 0.15) is 11.9 Å². The van der Waals surface area contributed by atoms with Gasteiger partial charge in [-0.25, -0.2) is 0 Å². The van der Waals surface area contributed by atoms with Crippen molar-refractivity contribution in [1.82, 2.24) is 9.97 Å². The van der Waals surface area contributed by atoms with Crippen LogP contribution in [0.3, 0.4) is 0 Å². The second-order valence-electron chi connectivity index (χ2n) is 11.8. The largest absolute Gasteiger partial charge is 0.493 e. The molecule has 1 aliphatic rings. The zero-order valence-corrected chi connectivity index (χ0v) is 22.4. The number of nitrogens with zero attached hydrogens (tertiary/aromatic N) is 2. The van der Waals surface area contributed by atoms with Crippen LogP contribution in [0.25, 0.3) is 32.9 Å². The number of rotatable bonds is 4. The van der Waals surface area contributed by atoms with Gasteiger partial charge in [0.2, 0.25) is 0 Å². The Morgan fingerprint density at radius 3 is 2.53 bits per heavy atom. The number of fused-ring (bicyclic) bond motifs is 1. The fourth-order valence-corrected chi connectivity index (χ4v) is 5.26. The van der Waals surface area contributed by atoms with Crippen LogP contribution in [0.4, 0.5) is 0 Å². The quantitative estimate of drug-likeness (QED) is 0.344. The summed E-state index contributed by atoms with van der Waals surface area (Å²) in [6.45, 7) is 15.2. The molecule has 1 unspecified atom stereocenters. The summed E-state index contributed by atoms with van der Waals surface area (Å²) >= 11 is 0. The minimum Gasteiger partial charge on any atom is -0.493 e. The molecular formula is C31H36N2O3. The third-order valence-electron chi connectivity index (χ3n) is 6.83. The van der Waals surface area contributed by atoms with Crippen LogP contribution in [0, 0.1) is 6.92 Å². The van der Waals surface area contributed by atoms with Crippen LogP contribution < -0.4 is 4.74 Å². The molecule has 2 aromatic carbocycles. The molecule has 0 spiro atoms. The number of benzene rings is 2. The van der Waals surface area contributed by atoms with E-state index in [0.717, 1.165) is 61.9 Å². The summed E-state index contributed by atoms with van der Waals surface area (Å²) in [6, 6.07) is 12.6. The summed E-state index contributed by atoms with van der Waals surface area (Å²) in [5, 5.41) is 12.6. The second-order valence-corrected chi connectivity index (χ2v) is 11.8. The van der Waals surface area contributed by atoms with Crippen molar-refractivity contribution in [3.05, 3.63) is 65.0 Å². The lowest BCUT2D eigenvalue weighted by molar-refractivity contribution is -0.0821. The number of aryl methyl sites for hydroxylation is 1. The molecule has 4 aromatic rings. The van der Waals surface area contributed by atoms with Crippen LogP contribution in [0.2, 0.25) is 0 Å². The standard InChI is InChI=1S/C31H36N2O3/c1-18-16-22-20(9-11-25(33-22)30(2,3)4)28(26(18)24(17-34)36-31(5,6)7)21-8-10-23-27-19(13-15-35-23)12-14-32-29(21)27/h8-12,14,16,24,34H,13,15,17H2,1-7H3. The summed E-state index contributed by atoms with van der Waals surface area (Å²) in [6.07, 6.45) is 2.26. The van der Waals surface area contributed by atoms with Gasteiger partial charge in [0, 0.05) is 40.1 Å². The summed E-state index contributed by atoms with van der Waals surface area (Å²) in [7, 11) is 0. The SMILES string of the molecule is Cc1cc2nc(C(C)(C)C)ccc2c(-c2ccc3c4c(ccnc24)CCO3)c1C(CO)OC(C)(C)C. The number of aromatic nitrogens is 2. The average molecular weight is 485 g/mol. The lowest BCUT2D eigenvalue weighted by atomic mass is 9.85. The van der Waals surface area contributed by atoms with Crippen LogP contribution in [-0.2, 0) is 16.6 Å². The van der Waals surface area contributed by atoms with Crippen molar-refractivity contribution in [3.63, 3.8) is 0 Å². The molecule has 0 aliphatic carbocycles. The summed E-state index contributed by atoms with van der Waals surface area (Å²) in [5.41, 5.74) is 7.68. The number of hydrogen-bond acceptors (Lipinski definition) is 5. The van der Waals surface area contributed by atoms with Crippen molar-refractivity contribution < 1.29 is 14.6 Å². The Morgan fingerprint density at radius 2 is 1.83 bits per heavy atom. The van der Waals surface area contributed by atoms with Crippen molar-refractivity contribution >= 4 is 21.8 Å². The number of pyridine rings is 2. The van der Waals surface area contributed by atoms with Gasteiger partial charge in [-0.1, -0.05) is 26.8 Å². The molecule has 0 saturated heterocycles. The topological polar surface area (TPSA) is 64.5 Å². The molecule has 188 valence electrons. The van der Waals surface area contributed by atoms with E-state index in [-0.39, 0.29) is 12.0 Å². The van der Waals surface area contributed by atoms with Crippen LogP contribution in [-0.4, -0.2) is 33.9 Å². The van der Waals surface area contributed by atoms with Gasteiger partial charge in [0.15, 0.2) is 0 Å².